The lowest BCUT2D eigenvalue weighted by Gasteiger charge is -2.12. The molecular weight excluding hydrogens is 234 g/mol. The molecule has 16 heavy (non-hydrogen) atoms. The van der Waals surface area contributed by atoms with E-state index in [1.807, 2.05) is 0 Å². The third-order valence-electron chi connectivity index (χ3n) is 2.14. The summed E-state index contributed by atoms with van der Waals surface area (Å²) in [6, 6.07) is 4.32. The molecule has 1 rings (SSSR count). The normalized spacial score (nSPS) is 13.8. The fourth-order valence-electron chi connectivity index (χ4n) is 1.44. The first-order chi connectivity index (χ1) is 7.28. The fraction of sp³-hybridized carbons (Fsp3) is 0.400. The van der Waals surface area contributed by atoms with Crippen molar-refractivity contribution in [3.05, 3.63) is 35.1 Å². The smallest absolute Gasteiger partial charge is 0.328 e. The Morgan fingerprint density at radius 1 is 1.44 bits per heavy atom. The van der Waals surface area contributed by atoms with Crippen molar-refractivity contribution >= 4 is 7.60 Å². The minimum absolute atomic E-state index is 0.103. The van der Waals surface area contributed by atoms with Gasteiger partial charge in [-0.3, -0.25) is 4.57 Å². The van der Waals surface area contributed by atoms with Gasteiger partial charge in [0.05, 0.1) is 12.3 Å². The van der Waals surface area contributed by atoms with Crippen molar-refractivity contribution in [2.75, 3.05) is 6.16 Å². The van der Waals surface area contributed by atoms with Crippen LogP contribution in [0, 0.1) is 12.7 Å². The molecule has 0 fully saturated rings. The minimum Gasteiger partial charge on any atom is -0.392 e. The number of aliphatic hydroxyl groups excluding tert-OH is 1. The Morgan fingerprint density at radius 3 is 2.56 bits per heavy atom. The summed E-state index contributed by atoms with van der Waals surface area (Å²) in [5.74, 6) is -0.340. The lowest BCUT2D eigenvalue weighted by molar-refractivity contribution is 0.189. The molecule has 0 aliphatic rings. The van der Waals surface area contributed by atoms with E-state index in [4.69, 9.17) is 9.79 Å². The molecule has 0 spiro atoms. The van der Waals surface area contributed by atoms with Gasteiger partial charge in [0.15, 0.2) is 0 Å². The zero-order valence-corrected chi connectivity index (χ0v) is 9.69. The molecule has 0 aliphatic heterocycles. The second-order valence-corrected chi connectivity index (χ2v) is 5.48. The van der Waals surface area contributed by atoms with Crippen LogP contribution in [0.5, 0.6) is 0 Å². The lowest BCUT2D eigenvalue weighted by Crippen LogP contribution is -2.16. The van der Waals surface area contributed by atoms with Crippen LogP contribution in [0.4, 0.5) is 4.39 Å². The molecule has 0 amide bonds. The van der Waals surface area contributed by atoms with E-state index in [1.165, 1.54) is 12.1 Å². The van der Waals surface area contributed by atoms with Crippen LogP contribution < -0.4 is 0 Å². The summed E-state index contributed by atoms with van der Waals surface area (Å²) < 4.78 is 23.5. The van der Waals surface area contributed by atoms with E-state index in [1.54, 1.807) is 13.0 Å². The third kappa shape index (κ3) is 4.41. The number of aryl methyl sites for hydroxylation is 1. The first-order valence-corrected chi connectivity index (χ1v) is 6.55. The molecular formula is C10H14FO4P. The zero-order chi connectivity index (χ0) is 12.3. The molecule has 6 heteroatoms. The van der Waals surface area contributed by atoms with Crippen molar-refractivity contribution in [3.8, 4) is 0 Å². The van der Waals surface area contributed by atoms with Crippen molar-refractivity contribution in [1.82, 2.24) is 0 Å². The second-order valence-electron chi connectivity index (χ2n) is 3.79. The van der Waals surface area contributed by atoms with Gasteiger partial charge in [-0.1, -0.05) is 12.1 Å². The van der Waals surface area contributed by atoms with Crippen LogP contribution in [0.25, 0.3) is 0 Å². The number of benzene rings is 1. The summed E-state index contributed by atoms with van der Waals surface area (Å²) in [4.78, 5) is 17.3. The quantitative estimate of drug-likeness (QED) is 0.700. The molecule has 1 atom stereocenters. The summed E-state index contributed by atoms with van der Waals surface area (Å²) in [5, 5.41) is 9.41. The van der Waals surface area contributed by atoms with Gasteiger partial charge < -0.3 is 14.9 Å². The van der Waals surface area contributed by atoms with E-state index in [0.29, 0.717) is 11.1 Å². The molecule has 0 bridgehead atoms. The van der Waals surface area contributed by atoms with Gasteiger partial charge in [0.2, 0.25) is 0 Å². The third-order valence-corrected chi connectivity index (χ3v) is 3.04. The highest BCUT2D eigenvalue weighted by Crippen LogP contribution is 2.35. The van der Waals surface area contributed by atoms with Crippen molar-refractivity contribution in [1.29, 1.82) is 0 Å². The molecule has 3 N–H and O–H groups in total. The SMILES string of the molecule is Cc1cc(CC(O)CP(=O)(O)O)ccc1F. The zero-order valence-electron chi connectivity index (χ0n) is 8.80. The first kappa shape index (κ1) is 13.3. The van der Waals surface area contributed by atoms with Crippen molar-refractivity contribution < 1.29 is 23.8 Å². The highest BCUT2D eigenvalue weighted by Gasteiger charge is 2.19. The summed E-state index contributed by atoms with van der Waals surface area (Å²) in [6.45, 7) is 1.59. The average molecular weight is 248 g/mol. The molecule has 0 radical (unpaired) electrons. The molecule has 0 heterocycles. The maximum Gasteiger partial charge on any atom is 0.328 e. The van der Waals surface area contributed by atoms with Gasteiger partial charge in [0.25, 0.3) is 0 Å². The largest absolute Gasteiger partial charge is 0.392 e. The van der Waals surface area contributed by atoms with Crippen molar-refractivity contribution in [2.24, 2.45) is 0 Å². The molecule has 90 valence electrons. The van der Waals surface area contributed by atoms with Crippen molar-refractivity contribution in [3.63, 3.8) is 0 Å². The van der Waals surface area contributed by atoms with E-state index < -0.39 is 19.9 Å². The highest BCUT2D eigenvalue weighted by atomic mass is 31.2. The summed E-state index contributed by atoms with van der Waals surface area (Å²) in [7, 11) is -4.20. The predicted molar refractivity (Wildman–Crippen MR) is 57.8 cm³/mol. The van der Waals surface area contributed by atoms with E-state index in [-0.39, 0.29) is 12.2 Å². The number of rotatable bonds is 4. The van der Waals surface area contributed by atoms with Crippen LogP contribution in [0.1, 0.15) is 11.1 Å². The summed E-state index contributed by atoms with van der Waals surface area (Å²) in [5.41, 5.74) is 1.10. The molecule has 1 aromatic carbocycles. The first-order valence-electron chi connectivity index (χ1n) is 4.75. The van der Waals surface area contributed by atoms with Gasteiger partial charge in [0, 0.05) is 0 Å². The van der Waals surface area contributed by atoms with Gasteiger partial charge in [-0.05, 0) is 30.5 Å². The number of hydrogen-bond donors (Lipinski definition) is 3. The number of halogens is 1. The Bertz CT molecular complexity index is 415. The Balaban J connectivity index is 2.66. The van der Waals surface area contributed by atoms with Crippen LogP contribution in [-0.4, -0.2) is 27.2 Å². The maximum absolute atomic E-state index is 12.9. The Labute approximate surface area is 92.9 Å². The van der Waals surface area contributed by atoms with Gasteiger partial charge in [-0.25, -0.2) is 4.39 Å². The van der Waals surface area contributed by atoms with Crippen LogP contribution in [0.15, 0.2) is 18.2 Å². The van der Waals surface area contributed by atoms with Crippen LogP contribution in [-0.2, 0) is 11.0 Å². The highest BCUT2D eigenvalue weighted by molar-refractivity contribution is 7.51. The summed E-state index contributed by atoms with van der Waals surface area (Å²) >= 11 is 0. The van der Waals surface area contributed by atoms with E-state index >= 15 is 0 Å². The second kappa shape index (κ2) is 5.06. The Morgan fingerprint density at radius 2 is 2.06 bits per heavy atom. The minimum atomic E-state index is -4.20. The van der Waals surface area contributed by atoms with Crippen LogP contribution in [0.2, 0.25) is 0 Å². The monoisotopic (exact) mass is 248 g/mol. The topological polar surface area (TPSA) is 77.8 Å². The van der Waals surface area contributed by atoms with Gasteiger partial charge in [-0.2, -0.15) is 0 Å². The van der Waals surface area contributed by atoms with Crippen LogP contribution in [0.3, 0.4) is 0 Å². The molecule has 0 saturated carbocycles. The van der Waals surface area contributed by atoms with Gasteiger partial charge in [-0.15, -0.1) is 0 Å². The predicted octanol–water partition coefficient (Wildman–Crippen LogP) is 1.22. The Kier molecular flexibility index (Phi) is 4.21. The molecule has 0 aliphatic carbocycles. The average Bonchev–Trinajstić information content (AvgIpc) is 2.08. The van der Waals surface area contributed by atoms with E-state index in [0.717, 1.165) is 0 Å². The Hall–Kier alpha value is -0.740. The van der Waals surface area contributed by atoms with Gasteiger partial charge >= 0.3 is 7.60 Å². The van der Waals surface area contributed by atoms with E-state index in [9.17, 15) is 14.1 Å². The molecule has 4 nitrogen and oxygen atoms in total. The maximum atomic E-state index is 12.9. The number of aliphatic hydroxyl groups is 1. The van der Waals surface area contributed by atoms with Gasteiger partial charge in [0.1, 0.15) is 5.82 Å². The number of hydrogen-bond acceptors (Lipinski definition) is 2. The van der Waals surface area contributed by atoms with E-state index in [2.05, 4.69) is 0 Å². The standard InChI is InChI=1S/C10H14FO4P/c1-7-4-8(2-3-10(7)11)5-9(12)6-16(13,14)15/h2-4,9,12H,5-6H2,1H3,(H2,13,14,15). The molecule has 0 saturated heterocycles. The molecule has 1 aromatic rings. The fourth-order valence-corrected chi connectivity index (χ4v) is 2.12. The van der Waals surface area contributed by atoms with Crippen molar-refractivity contribution in [2.45, 2.75) is 19.4 Å². The molecule has 0 aromatic heterocycles. The molecule has 1 unspecified atom stereocenters. The van der Waals surface area contributed by atoms with Crippen LogP contribution >= 0.6 is 7.60 Å². The lowest BCUT2D eigenvalue weighted by atomic mass is 10.1. The summed E-state index contributed by atoms with van der Waals surface area (Å²) in [6.07, 6.45) is -1.60.